The number of methoxy groups -OCH3 is 1. The molecule has 0 aromatic rings. The molecule has 2 N–H and O–H groups in total. The van der Waals surface area contributed by atoms with E-state index in [1.807, 2.05) is 0 Å². The fourth-order valence-corrected chi connectivity index (χ4v) is 3.89. The number of ether oxygens (including phenoxy) is 1. The molecule has 0 spiro atoms. The predicted molar refractivity (Wildman–Crippen MR) is 119 cm³/mol. The molecule has 166 valence electrons. The lowest BCUT2D eigenvalue weighted by molar-refractivity contribution is -0.154. The Morgan fingerprint density at radius 1 is 1.03 bits per heavy atom. The molecule has 0 rings (SSSR count). The molecule has 0 bridgehead atoms. The van der Waals surface area contributed by atoms with Crippen molar-refractivity contribution in [1.82, 2.24) is 5.32 Å². The third-order valence-corrected chi connectivity index (χ3v) is 6.15. The maximum Gasteiger partial charge on any atom is 0.396 e. The van der Waals surface area contributed by atoms with Crippen molar-refractivity contribution in [2.45, 2.75) is 66.3 Å². The Kier molecular flexibility index (Phi) is 14.2. The van der Waals surface area contributed by atoms with E-state index in [4.69, 9.17) is 0 Å². The molecule has 2 unspecified atom stereocenters. The third kappa shape index (κ3) is 13.2. The zero-order chi connectivity index (χ0) is 22.4. The van der Waals surface area contributed by atoms with Gasteiger partial charge in [-0.05, 0) is 64.0 Å². The smallest absolute Gasteiger partial charge is 0.396 e. The van der Waals surface area contributed by atoms with Crippen molar-refractivity contribution in [3.8, 4) is 0 Å². The molecular weight excluding hydrogens is 390 g/mol. The zero-order valence-corrected chi connectivity index (χ0v) is 19.4. The van der Waals surface area contributed by atoms with E-state index in [1.165, 1.54) is 22.9 Å². The molecule has 0 heterocycles. The molecule has 0 radical (unpaired) electrons. The number of rotatable bonds is 13. The van der Waals surface area contributed by atoms with E-state index < -0.39 is 23.9 Å². The van der Waals surface area contributed by atoms with Crippen LogP contribution in [-0.4, -0.2) is 47.6 Å². The number of carbonyl (C=O) groups is 3. The minimum atomic E-state index is -1.16. The van der Waals surface area contributed by atoms with Gasteiger partial charge in [-0.2, -0.15) is 11.8 Å². The Labute approximate surface area is 179 Å². The van der Waals surface area contributed by atoms with Crippen LogP contribution in [-0.2, 0) is 19.1 Å². The first kappa shape index (κ1) is 27.2. The number of carboxylic acids is 1. The Bertz CT molecular complexity index is 596. The van der Waals surface area contributed by atoms with Crippen LogP contribution in [0.25, 0.3) is 0 Å². The predicted octanol–water partition coefficient (Wildman–Crippen LogP) is 4.21. The van der Waals surface area contributed by atoms with Gasteiger partial charge in [-0.3, -0.25) is 4.79 Å². The summed E-state index contributed by atoms with van der Waals surface area (Å²) in [7, 11) is 1.08. The van der Waals surface area contributed by atoms with E-state index >= 15 is 0 Å². The largest absolute Gasteiger partial charge is 0.480 e. The van der Waals surface area contributed by atoms with Crippen LogP contribution in [0, 0.1) is 11.8 Å². The molecule has 0 aromatic carbocycles. The normalized spacial score (nSPS) is 14.5. The van der Waals surface area contributed by atoms with Crippen molar-refractivity contribution in [3.63, 3.8) is 0 Å². The summed E-state index contributed by atoms with van der Waals surface area (Å²) in [4.78, 5) is 33.9. The fourth-order valence-electron chi connectivity index (χ4n) is 2.59. The lowest BCUT2D eigenvalue weighted by Gasteiger charge is -2.20. The molecule has 0 saturated heterocycles. The molecule has 29 heavy (non-hydrogen) atoms. The average Bonchev–Trinajstić information content (AvgIpc) is 2.65. The van der Waals surface area contributed by atoms with Crippen molar-refractivity contribution in [3.05, 3.63) is 23.3 Å². The van der Waals surface area contributed by atoms with Gasteiger partial charge in [0.15, 0.2) is 0 Å². The molecule has 0 aromatic heterocycles. The number of esters is 1. The first-order chi connectivity index (χ1) is 13.6. The number of carboxylic acid groups (broad SMARTS) is 1. The van der Waals surface area contributed by atoms with Gasteiger partial charge >= 0.3 is 17.8 Å². The second-order valence-electron chi connectivity index (χ2n) is 7.80. The Morgan fingerprint density at radius 2 is 1.69 bits per heavy atom. The molecule has 0 aliphatic heterocycles. The summed E-state index contributed by atoms with van der Waals surface area (Å²) in [5, 5.41) is 11.4. The van der Waals surface area contributed by atoms with E-state index in [0.717, 1.165) is 38.5 Å². The van der Waals surface area contributed by atoms with E-state index in [1.54, 1.807) is 0 Å². The highest BCUT2D eigenvalue weighted by Gasteiger charge is 2.24. The van der Waals surface area contributed by atoms with Gasteiger partial charge in [-0.1, -0.05) is 37.1 Å². The van der Waals surface area contributed by atoms with Gasteiger partial charge in [0.1, 0.15) is 6.04 Å². The van der Waals surface area contributed by atoms with Crippen LogP contribution in [0.1, 0.15) is 60.3 Å². The van der Waals surface area contributed by atoms with Crippen LogP contribution in [0.15, 0.2) is 23.3 Å². The van der Waals surface area contributed by atoms with Gasteiger partial charge in [0.05, 0.1) is 7.11 Å². The summed E-state index contributed by atoms with van der Waals surface area (Å²) < 4.78 is 4.29. The van der Waals surface area contributed by atoms with Crippen LogP contribution < -0.4 is 5.32 Å². The summed E-state index contributed by atoms with van der Waals surface area (Å²) >= 11 is 1.47. The molecule has 0 fully saturated rings. The van der Waals surface area contributed by atoms with Gasteiger partial charge < -0.3 is 15.2 Å². The van der Waals surface area contributed by atoms with Crippen molar-refractivity contribution >= 4 is 29.6 Å². The number of nitrogens with one attached hydrogen (secondary N) is 1. The molecule has 7 heteroatoms. The van der Waals surface area contributed by atoms with E-state index in [0.29, 0.717) is 11.8 Å². The van der Waals surface area contributed by atoms with Crippen molar-refractivity contribution in [2.75, 3.05) is 18.6 Å². The minimum Gasteiger partial charge on any atom is -0.480 e. The second-order valence-corrected chi connectivity index (χ2v) is 8.87. The second kappa shape index (κ2) is 15.1. The number of aliphatic carboxylic acids is 1. The Balaban J connectivity index is 4.28. The highest BCUT2D eigenvalue weighted by Crippen LogP contribution is 2.22. The van der Waals surface area contributed by atoms with Crippen LogP contribution in [0.4, 0.5) is 0 Å². The molecule has 6 nitrogen and oxygen atoms in total. The number of hydrogen-bond acceptors (Lipinski definition) is 5. The van der Waals surface area contributed by atoms with Crippen molar-refractivity contribution in [2.24, 2.45) is 11.8 Å². The van der Waals surface area contributed by atoms with Crippen LogP contribution in [0.2, 0.25) is 0 Å². The van der Waals surface area contributed by atoms with Gasteiger partial charge in [-0.15, -0.1) is 0 Å². The lowest BCUT2D eigenvalue weighted by Crippen LogP contribution is -2.46. The molecule has 0 aliphatic carbocycles. The summed E-state index contributed by atoms with van der Waals surface area (Å²) in [6.07, 6.45) is 8.89. The van der Waals surface area contributed by atoms with Crippen LogP contribution >= 0.6 is 11.8 Å². The topological polar surface area (TPSA) is 92.7 Å². The van der Waals surface area contributed by atoms with E-state index in [-0.39, 0.29) is 5.75 Å². The number of allylic oxidation sites excluding steroid dienone is 4. The highest BCUT2D eigenvalue weighted by molar-refractivity contribution is 7.99. The molecule has 0 aliphatic rings. The van der Waals surface area contributed by atoms with E-state index in [2.05, 4.69) is 56.8 Å². The molecular formula is C22H37NO5S. The summed E-state index contributed by atoms with van der Waals surface area (Å²) in [5.41, 5.74) is 2.77. The standard InChI is InChI=1S/C22H37NO5S/c1-15(2)9-7-10-16(3)11-8-12-17(4)18(5)13-29-14-19(21(25)26)23-20(24)22(27)28-6/h9,11,17-19H,7-8,10,12-14H2,1-6H3,(H,23,24)(H,25,26)/b16-11+/t17?,18?,19-/m0/s1. The first-order valence-electron chi connectivity index (χ1n) is 10.1. The summed E-state index contributed by atoms with van der Waals surface area (Å²) in [5.74, 6) is -1.35. The average molecular weight is 428 g/mol. The quantitative estimate of drug-likeness (QED) is 0.260. The number of carbonyl (C=O) groups excluding carboxylic acids is 2. The SMILES string of the molecule is COC(=O)C(=O)N[C@@H](CSCC(C)C(C)CC/C=C(\C)CCC=C(C)C)C(=O)O. The zero-order valence-electron chi connectivity index (χ0n) is 18.6. The Hall–Kier alpha value is -1.76. The third-order valence-electron chi connectivity index (χ3n) is 4.82. The van der Waals surface area contributed by atoms with Gasteiger partial charge in [-0.25, -0.2) is 9.59 Å². The molecule has 0 saturated carbocycles. The van der Waals surface area contributed by atoms with Crippen molar-refractivity contribution < 1.29 is 24.2 Å². The van der Waals surface area contributed by atoms with E-state index in [9.17, 15) is 19.5 Å². The minimum absolute atomic E-state index is 0.207. The number of thioether (sulfide) groups is 1. The maximum absolute atomic E-state index is 11.5. The van der Waals surface area contributed by atoms with Crippen molar-refractivity contribution in [1.29, 1.82) is 0 Å². The summed E-state index contributed by atoms with van der Waals surface area (Å²) in [6.45, 7) is 10.8. The number of hydrogen-bond donors (Lipinski definition) is 2. The summed E-state index contributed by atoms with van der Waals surface area (Å²) in [6, 6.07) is -1.11. The van der Waals surface area contributed by atoms with Gasteiger partial charge in [0, 0.05) is 5.75 Å². The molecule has 3 atom stereocenters. The lowest BCUT2D eigenvalue weighted by atomic mass is 9.92. The number of amides is 1. The Morgan fingerprint density at radius 3 is 2.24 bits per heavy atom. The first-order valence-corrected chi connectivity index (χ1v) is 11.2. The monoisotopic (exact) mass is 427 g/mol. The maximum atomic E-state index is 11.5. The van der Waals surface area contributed by atoms with Crippen LogP contribution in [0.5, 0.6) is 0 Å². The van der Waals surface area contributed by atoms with Crippen LogP contribution in [0.3, 0.4) is 0 Å². The van der Waals surface area contributed by atoms with Gasteiger partial charge in [0.25, 0.3) is 0 Å². The highest BCUT2D eigenvalue weighted by atomic mass is 32.2. The molecule has 1 amide bonds. The van der Waals surface area contributed by atoms with Gasteiger partial charge in [0.2, 0.25) is 0 Å². The fraction of sp³-hybridized carbons (Fsp3) is 0.682.